The van der Waals surface area contributed by atoms with E-state index in [9.17, 15) is 19.7 Å². The lowest BCUT2D eigenvalue weighted by Crippen LogP contribution is -2.28. The Kier molecular flexibility index (Phi) is 3.39. The minimum absolute atomic E-state index is 0.0371. The summed E-state index contributed by atoms with van der Waals surface area (Å²) in [5.41, 5.74) is 5.01. The molecule has 1 aromatic carbocycles. The monoisotopic (exact) mass is 283 g/mol. The molecule has 1 heterocycles. The molecule has 1 fully saturated rings. The van der Waals surface area contributed by atoms with Crippen molar-refractivity contribution < 1.29 is 14.5 Å². The van der Waals surface area contributed by atoms with Crippen LogP contribution in [0.1, 0.15) is 6.42 Å². The zero-order valence-electron chi connectivity index (χ0n) is 9.71. The van der Waals surface area contributed by atoms with Crippen LogP contribution in [0, 0.1) is 16.0 Å². The highest BCUT2D eigenvalue weighted by Crippen LogP contribution is 2.34. The maximum Gasteiger partial charge on any atom is 0.293 e. The highest BCUT2D eigenvalue weighted by atomic mass is 35.5. The van der Waals surface area contributed by atoms with Crippen LogP contribution >= 0.6 is 11.6 Å². The van der Waals surface area contributed by atoms with Crippen LogP contribution in [-0.4, -0.2) is 23.3 Å². The predicted molar refractivity (Wildman–Crippen MR) is 67.8 cm³/mol. The molecule has 1 aliphatic rings. The second-order valence-corrected chi connectivity index (χ2v) is 4.63. The van der Waals surface area contributed by atoms with Gasteiger partial charge in [0, 0.05) is 24.1 Å². The molecule has 7 nitrogen and oxygen atoms in total. The van der Waals surface area contributed by atoms with Crippen LogP contribution in [0.2, 0.25) is 5.02 Å². The molecule has 19 heavy (non-hydrogen) atoms. The van der Waals surface area contributed by atoms with Crippen LogP contribution in [0.15, 0.2) is 18.2 Å². The van der Waals surface area contributed by atoms with Gasteiger partial charge in [0.05, 0.1) is 10.8 Å². The van der Waals surface area contributed by atoms with Gasteiger partial charge >= 0.3 is 0 Å². The van der Waals surface area contributed by atoms with Gasteiger partial charge in [0.15, 0.2) is 0 Å². The van der Waals surface area contributed by atoms with Gasteiger partial charge in [0.25, 0.3) is 5.69 Å². The minimum Gasteiger partial charge on any atom is -0.369 e. The van der Waals surface area contributed by atoms with Crippen LogP contribution in [0.3, 0.4) is 0 Å². The highest BCUT2D eigenvalue weighted by molar-refractivity contribution is 6.31. The summed E-state index contributed by atoms with van der Waals surface area (Å²) in [5, 5.41) is 11.2. The third kappa shape index (κ3) is 2.50. The summed E-state index contributed by atoms with van der Waals surface area (Å²) in [5.74, 6) is -1.61. The Morgan fingerprint density at radius 1 is 1.53 bits per heavy atom. The lowest BCUT2D eigenvalue weighted by atomic mass is 10.1. The molecule has 1 aliphatic heterocycles. The molecule has 0 radical (unpaired) electrons. The molecule has 2 N–H and O–H groups in total. The number of nitrogens with zero attached hydrogens (tertiary/aromatic N) is 2. The van der Waals surface area contributed by atoms with Crippen molar-refractivity contribution in [3.8, 4) is 0 Å². The van der Waals surface area contributed by atoms with Gasteiger partial charge in [0.1, 0.15) is 5.69 Å². The van der Waals surface area contributed by atoms with Crippen LogP contribution in [0.25, 0.3) is 0 Å². The summed E-state index contributed by atoms with van der Waals surface area (Å²) in [7, 11) is 0. The Morgan fingerprint density at radius 3 is 2.74 bits per heavy atom. The number of anilines is 1. The van der Waals surface area contributed by atoms with Gasteiger partial charge in [-0.25, -0.2) is 0 Å². The molecule has 0 aliphatic carbocycles. The number of nitro benzene ring substituents is 1. The third-order valence-corrected chi connectivity index (χ3v) is 3.19. The second-order valence-electron chi connectivity index (χ2n) is 4.20. The molecule has 1 atom stereocenters. The molecule has 8 heteroatoms. The number of primary amides is 1. The van der Waals surface area contributed by atoms with Crippen molar-refractivity contribution in [3.63, 3.8) is 0 Å². The van der Waals surface area contributed by atoms with Gasteiger partial charge in [-0.2, -0.15) is 0 Å². The van der Waals surface area contributed by atoms with Crippen molar-refractivity contribution in [2.75, 3.05) is 11.4 Å². The van der Waals surface area contributed by atoms with Crippen molar-refractivity contribution in [2.24, 2.45) is 11.7 Å². The number of amides is 2. The number of rotatable bonds is 3. The van der Waals surface area contributed by atoms with Gasteiger partial charge in [-0.15, -0.1) is 0 Å². The molecule has 0 saturated carbocycles. The van der Waals surface area contributed by atoms with Crippen molar-refractivity contribution in [1.29, 1.82) is 0 Å². The molecule has 100 valence electrons. The number of halogens is 1. The molecule has 1 saturated heterocycles. The first-order chi connectivity index (χ1) is 8.90. The zero-order chi connectivity index (χ0) is 14.2. The number of benzene rings is 1. The lowest BCUT2D eigenvalue weighted by Gasteiger charge is -2.16. The molecular weight excluding hydrogens is 274 g/mol. The maximum atomic E-state index is 11.8. The molecule has 2 rings (SSSR count). The number of nitrogens with two attached hydrogens (primary N) is 1. The van der Waals surface area contributed by atoms with Crippen LogP contribution in [0.4, 0.5) is 11.4 Å². The first-order valence-corrected chi connectivity index (χ1v) is 5.81. The standard InChI is InChI=1S/C11H10ClN3O4/c12-7-1-2-8(15(18)19)9(4-7)14-5-6(11(13)17)3-10(14)16/h1-2,4,6H,3,5H2,(H2,13,17). The summed E-state index contributed by atoms with van der Waals surface area (Å²) in [4.78, 5) is 34.4. The maximum absolute atomic E-state index is 11.8. The fourth-order valence-electron chi connectivity index (χ4n) is 2.00. The van der Waals surface area contributed by atoms with Crippen molar-refractivity contribution in [2.45, 2.75) is 6.42 Å². The van der Waals surface area contributed by atoms with E-state index in [-0.39, 0.29) is 35.3 Å². The minimum atomic E-state index is -0.633. The Morgan fingerprint density at radius 2 is 2.21 bits per heavy atom. The van der Waals surface area contributed by atoms with E-state index in [2.05, 4.69) is 0 Å². The average molecular weight is 284 g/mol. The average Bonchev–Trinajstić information content (AvgIpc) is 2.71. The van der Waals surface area contributed by atoms with E-state index in [1.165, 1.54) is 23.1 Å². The van der Waals surface area contributed by atoms with E-state index in [1.807, 2.05) is 0 Å². The summed E-state index contributed by atoms with van der Waals surface area (Å²) >= 11 is 5.79. The molecular formula is C11H10ClN3O4. The first-order valence-electron chi connectivity index (χ1n) is 5.43. The Hall–Kier alpha value is -2.15. The fourth-order valence-corrected chi connectivity index (χ4v) is 2.16. The number of carbonyl (C=O) groups is 2. The molecule has 0 bridgehead atoms. The van der Waals surface area contributed by atoms with Crippen molar-refractivity contribution in [3.05, 3.63) is 33.3 Å². The topological polar surface area (TPSA) is 107 Å². The number of carbonyl (C=O) groups excluding carboxylic acids is 2. The zero-order valence-corrected chi connectivity index (χ0v) is 10.5. The van der Waals surface area contributed by atoms with E-state index in [0.29, 0.717) is 0 Å². The van der Waals surface area contributed by atoms with E-state index in [0.717, 1.165) is 0 Å². The quantitative estimate of drug-likeness (QED) is 0.661. The predicted octanol–water partition coefficient (Wildman–Crippen LogP) is 1.09. The Bertz CT molecular complexity index is 575. The molecule has 1 aromatic rings. The van der Waals surface area contributed by atoms with Crippen LogP contribution < -0.4 is 10.6 Å². The van der Waals surface area contributed by atoms with Crippen molar-refractivity contribution >= 4 is 34.8 Å². The van der Waals surface area contributed by atoms with E-state index >= 15 is 0 Å². The molecule has 0 aromatic heterocycles. The Balaban J connectivity index is 2.42. The summed E-state index contributed by atoms with van der Waals surface area (Å²) in [6, 6.07) is 3.93. The largest absolute Gasteiger partial charge is 0.369 e. The summed E-state index contributed by atoms with van der Waals surface area (Å²) < 4.78 is 0. The van der Waals surface area contributed by atoms with Crippen molar-refractivity contribution in [1.82, 2.24) is 0 Å². The van der Waals surface area contributed by atoms with Gasteiger partial charge in [-0.05, 0) is 12.1 Å². The highest BCUT2D eigenvalue weighted by Gasteiger charge is 2.36. The normalized spacial score (nSPS) is 18.7. The Labute approximate surface area is 113 Å². The smallest absolute Gasteiger partial charge is 0.293 e. The molecule has 0 spiro atoms. The fraction of sp³-hybridized carbons (Fsp3) is 0.273. The SMILES string of the molecule is NC(=O)C1CC(=O)N(c2cc(Cl)ccc2[N+](=O)[O-])C1. The molecule has 1 unspecified atom stereocenters. The van der Waals surface area contributed by atoms with Gasteiger partial charge in [0.2, 0.25) is 11.8 Å². The van der Waals surface area contributed by atoms with E-state index in [4.69, 9.17) is 17.3 Å². The number of hydrogen-bond donors (Lipinski definition) is 1. The number of hydrogen-bond acceptors (Lipinski definition) is 4. The molecule has 2 amide bonds. The van der Waals surface area contributed by atoms with Gasteiger partial charge in [-0.1, -0.05) is 11.6 Å². The summed E-state index contributed by atoms with van der Waals surface area (Å²) in [6.45, 7) is 0.0371. The van der Waals surface area contributed by atoms with E-state index in [1.54, 1.807) is 0 Å². The van der Waals surface area contributed by atoms with Gasteiger partial charge < -0.3 is 10.6 Å². The van der Waals surface area contributed by atoms with Crippen LogP contribution in [-0.2, 0) is 9.59 Å². The van der Waals surface area contributed by atoms with Gasteiger partial charge in [-0.3, -0.25) is 19.7 Å². The van der Waals surface area contributed by atoms with E-state index < -0.39 is 16.7 Å². The number of nitro groups is 1. The van der Waals surface area contributed by atoms with Crippen LogP contribution in [0.5, 0.6) is 0 Å². The third-order valence-electron chi connectivity index (χ3n) is 2.95. The second kappa shape index (κ2) is 4.85. The summed E-state index contributed by atoms with van der Waals surface area (Å²) in [6.07, 6.45) is -0.0427. The lowest BCUT2D eigenvalue weighted by molar-refractivity contribution is -0.384. The first kappa shape index (κ1) is 13.3.